The number of benzene rings is 2. The predicted molar refractivity (Wildman–Crippen MR) is 71.3 cm³/mol. The van der Waals surface area contributed by atoms with E-state index in [9.17, 15) is 9.50 Å². The summed E-state index contributed by atoms with van der Waals surface area (Å²) >= 11 is 5.88. The fourth-order valence-electron chi connectivity index (χ4n) is 1.90. The van der Waals surface area contributed by atoms with E-state index < -0.39 is 6.10 Å². The summed E-state index contributed by atoms with van der Waals surface area (Å²) in [4.78, 5) is 0. The summed E-state index contributed by atoms with van der Waals surface area (Å²) in [6.45, 7) is 0. The van der Waals surface area contributed by atoms with Gasteiger partial charge in [-0.05, 0) is 48.2 Å². The molecule has 0 radical (unpaired) electrons. The molecule has 0 aliphatic carbocycles. The molecule has 0 fully saturated rings. The molecule has 0 heterocycles. The minimum absolute atomic E-state index is 0.261. The summed E-state index contributed by atoms with van der Waals surface area (Å²) in [5.74, 6) is -0.261. The van der Waals surface area contributed by atoms with Crippen LogP contribution in [0, 0.1) is 5.82 Å². The predicted octanol–water partition coefficient (Wildman–Crippen LogP) is 3.63. The molecule has 1 nitrogen and oxygen atoms in total. The lowest BCUT2D eigenvalue weighted by molar-refractivity contribution is 0.175. The van der Waals surface area contributed by atoms with Gasteiger partial charge in [-0.3, -0.25) is 0 Å². The van der Waals surface area contributed by atoms with Gasteiger partial charge in [0.25, 0.3) is 0 Å². The maximum absolute atomic E-state index is 12.7. The van der Waals surface area contributed by atoms with Gasteiger partial charge in [0.1, 0.15) is 5.82 Å². The highest BCUT2D eigenvalue weighted by Crippen LogP contribution is 2.14. The van der Waals surface area contributed by atoms with Crippen molar-refractivity contribution >= 4 is 11.6 Å². The molecule has 2 rings (SSSR count). The molecule has 2 aromatic rings. The zero-order valence-corrected chi connectivity index (χ0v) is 10.6. The highest BCUT2D eigenvalue weighted by Gasteiger charge is 2.07. The highest BCUT2D eigenvalue weighted by molar-refractivity contribution is 6.30. The average molecular weight is 265 g/mol. The second-order valence-corrected chi connectivity index (χ2v) is 4.75. The van der Waals surface area contributed by atoms with Crippen molar-refractivity contribution in [1.29, 1.82) is 0 Å². The lowest BCUT2D eigenvalue weighted by Gasteiger charge is -2.11. The van der Waals surface area contributed by atoms with E-state index in [-0.39, 0.29) is 5.82 Å². The van der Waals surface area contributed by atoms with E-state index in [1.807, 2.05) is 18.2 Å². The third-order valence-corrected chi connectivity index (χ3v) is 2.98. The van der Waals surface area contributed by atoms with E-state index in [2.05, 4.69) is 0 Å². The summed E-state index contributed by atoms with van der Waals surface area (Å²) in [7, 11) is 0. The Morgan fingerprint density at radius 1 is 1.00 bits per heavy atom. The van der Waals surface area contributed by atoms with E-state index in [4.69, 9.17) is 11.6 Å². The van der Waals surface area contributed by atoms with Crippen molar-refractivity contribution in [2.45, 2.75) is 18.9 Å². The zero-order valence-electron chi connectivity index (χ0n) is 9.81. The van der Waals surface area contributed by atoms with Crippen LogP contribution in [0.1, 0.15) is 11.1 Å². The number of aliphatic hydroxyl groups excluding tert-OH is 1. The molecule has 1 atom stereocenters. The van der Waals surface area contributed by atoms with Crippen LogP contribution in [0.5, 0.6) is 0 Å². The Morgan fingerprint density at radius 2 is 1.67 bits per heavy atom. The van der Waals surface area contributed by atoms with Gasteiger partial charge >= 0.3 is 0 Å². The molecule has 0 bridgehead atoms. The monoisotopic (exact) mass is 264 g/mol. The summed E-state index contributed by atoms with van der Waals surface area (Å²) in [6, 6.07) is 13.6. The molecule has 0 saturated carbocycles. The second kappa shape index (κ2) is 5.98. The Labute approximate surface area is 111 Å². The molecule has 94 valence electrons. The van der Waals surface area contributed by atoms with Crippen LogP contribution in [0.15, 0.2) is 48.5 Å². The van der Waals surface area contributed by atoms with Gasteiger partial charge in [0.05, 0.1) is 6.10 Å². The summed E-state index contributed by atoms with van der Waals surface area (Å²) < 4.78 is 12.7. The van der Waals surface area contributed by atoms with E-state index in [0.29, 0.717) is 17.9 Å². The van der Waals surface area contributed by atoms with E-state index in [0.717, 1.165) is 11.1 Å². The van der Waals surface area contributed by atoms with Crippen LogP contribution in [0.3, 0.4) is 0 Å². The maximum Gasteiger partial charge on any atom is 0.123 e. The second-order valence-electron chi connectivity index (χ2n) is 4.32. The van der Waals surface area contributed by atoms with Gasteiger partial charge in [-0.25, -0.2) is 4.39 Å². The quantitative estimate of drug-likeness (QED) is 0.894. The molecule has 2 aromatic carbocycles. The number of rotatable bonds is 4. The van der Waals surface area contributed by atoms with Gasteiger partial charge in [-0.1, -0.05) is 35.9 Å². The Kier molecular flexibility index (Phi) is 4.34. The van der Waals surface area contributed by atoms with Crippen molar-refractivity contribution in [3.8, 4) is 0 Å². The first-order chi connectivity index (χ1) is 8.63. The molecular formula is C15H14ClFO. The summed E-state index contributed by atoms with van der Waals surface area (Å²) in [5, 5.41) is 10.6. The molecule has 0 aromatic heterocycles. The van der Waals surface area contributed by atoms with Crippen LogP contribution in [0.2, 0.25) is 5.02 Å². The largest absolute Gasteiger partial charge is 0.392 e. The lowest BCUT2D eigenvalue weighted by Crippen LogP contribution is -2.13. The molecule has 0 aliphatic rings. The molecule has 0 spiro atoms. The third-order valence-electron chi connectivity index (χ3n) is 2.74. The number of aliphatic hydroxyl groups is 1. The SMILES string of the molecule is OC(Cc1ccc(F)cc1)Cc1cccc(Cl)c1. The van der Waals surface area contributed by atoms with Crippen molar-refractivity contribution in [3.05, 3.63) is 70.5 Å². The molecule has 1 unspecified atom stereocenters. The standard InChI is InChI=1S/C15H14ClFO/c16-13-3-1-2-12(8-13)10-15(18)9-11-4-6-14(17)7-5-11/h1-8,15,18H,9-10H2. The van der Waals surface area contributed by atoms with E-state index in [1.54, 1.807) is 18.2 Å². The van der Waals surface area contributed by atoms with Gasteiger partial charge in [-0.15, -0.1) is 0 Å². The summed E-state index contributed by atoms with van der Waals surface area (Å²) in [5.41, 5.74) is 1.92. The van der Waals surface area contributed by atoms with Gasteiger partial charge in [0.2, 0.25) is 0 Å². The molecular weight excluding hydrogens is 251 g/mol. The van der Waals surface area contributed by atoms with Gasteiger partial charge in [0, 0.05) is 5.02 Å². The van der Waals surface area contributed by atoms with Crippen LogP contribution in [-0.2, 0) is 12.8 Å². The Balaban J connectivity index is 1.96. The Bertz CT molecular complexity index is 510. The minimum Gasteiger partial charge on any atom is -0.392 e. The summed E-state index contributed by atoms with van der Waals surface area (Å²) in [6.07, 6.45) is 0.555. The first kappa shape index (κ1) is 13.1. The highest BCUT2D eigenvalue weighted by atomic mass is 35.5. The van der Waals surface area contributed by atoms with Crippen LogP contribution >= 0.6 is 11.6 Å². The first-order valence-electron chi connectivity index (χ1n) is 5.80. The molecule has 0 amide bonds. The van der Waals surface area contributed by atoms with Crippen LogP contribution in [0.25, 0.3) is 0 Å². The number of hydrogen-bond donors (Lipinski definition) is 1. The van der Waals surface area contributed by atoms with Crippen molar-refractivity contribution in [1.82, 2.24) is 0 Å². The molecule has 18 heavy (non-hydrogen) atoms. The lowest BCUT2D eigenvalue weighted by atomic mass is 10.0. The van der Waals surface area contributed by atoms with Crippen molar-refractivity contribution in [2.75, 3.05) is 0 Å². The topological polar surface area (TPSA) is 20.2 Å². The average Bonchev–Trinajstić information content (AvgIpc) is 2.32. The molecule has 0 saturated heterocycles. The molecule has 0 aliphatic heterocycles. The molecule has 3 heteroatoms. The fourth-order valence-corrected chi connectivity index (χ4v) is 2.11. The zero-order chi connectivity index (χ0) is 13.0. The van der Waals surface area contributed by atoms with Crippen molar-refractivity contribution < 1.29 is 9.50 Å². The minimum atomic E-state index is -0.492. The smallest absolute Gasteiger partial charge is 0.123 e. The van der Waals surface area contributed by atoms with Crippen molar-refractivity contribution in [3.63, 3.8) is 0 Å². The van der Waals surface area contributed by atoms with Crippen LogP contribution in [-0.4, -0.2) is 11.2 Å². The Hall–Kier alpha value is -1.38. The maximum atomic E-state index is 12.7. The normalized spacial score (nSPS) is 12.4. The van der Waals surface area contributed by atoms with Crippen LogP contribution < -0.4 is 0 Å². The number of halogens is 2. The van der Waals surface area contributed by atoms with E-state index in [1.165, 1.54) is 12.1 Å². The van der Waals surface area contributed by atoms with Crippen molar-refractivity contribution in [2.24, 2.45) is 0 Å². The Morgan fingerprint density at radius 3 is 2.33 bits per heavy atom. The van der Waals surface area contributed by atoms with Crippen LogP contribution in [0.4, 0.5) is 4.39 Å². The number of hydrogen-bond acceptors (Lipinski definition) is 1. The van der Waals surface area contributed by atoms with E-state index >= 15 is 0 Å². The van der Waals surface area contributed by atoms with Gasteiger partial charge in [-0.2, -0.15) is 0 Å². The molecule has 1 N–H and O–H groups in total. The van der Waals surface area contributed by atoms with Gasteiger partial charge in [0.15, 0.2) is 0 Å². The first-order valence-corrected chi connectivity index (χ1v) is 6.18. The van der Waals surface area contributed by atoms with Gasteiger partial charge < -0.3 is 5.11 Å². The fraction of sp³-hybridized carbons (Fsp3) is 0.200. The third kappa shape index (κ3) is 3.83.